The lowest BCUT2D eigenvalue weighted by Crippen LogP contribution is -2.18. The number of nitrogens with zero attached hydrogens (tertiary/aromatic N) is 1. The van der Waals surface area contributed by atoms with Gasteiger partial charge in [0, 0.05) is 17.8 Å². The van der Waals surface area contributed by atoms with E-state index in [4.69, 9.17) is 9.84 Å². The standard InChI is InChI=1S/C13H17NO4/c1-8(2)18-11(15)7-14-6-5-10(13(16)17)12(14)9-3-4-9/h5-6,8-9H,3-4,7H2,1-2H3,(H,16,17). The molecule has 0 saturated heterocycles. The molecule has 1 N–H and O–H groups in total. The van der Waals surface area contributed by atoms with Gasteiger partial charge in [0.05, 0.1) is 11.7 Å². The Morgan fingerprint density at radius 2 is 2.17 bits per heavy atom. The number of aromatic carboxylic acids is 1. The van der Waals surface area contributed by atoms with Crippen LogP contribution < -0.4 is 0 Å². The van der Waals surface area contributed by atoms with Crippen molar-refractivity contribution in [2.45, 2.75) is 45.3 Å². The molecular weight excluding hydrogens is 234 g/mol. The molecule has 2 rings (SSSR count). The Kier molecular flexibility index (Phi) is 3.41. The van der Waals surface area contributed by atoms with Crippen molar-refractivity contribution in [1.82, 2.24) is 4.57 Å². The molecule has 0 bridgehead atoms. The van der Waals surface area contributed by atoms with Crippen LogP contribution in [0.5, 0.6) is 0 Å². The molecule has 1 aromatic rings. The molecule has 1 aliphatic carbocycles. The van der Waals surface area contributed by atoms with Crippen molar-refractivity contribution < 1.29 is 19.4 Å². The summed E-state index contributed by atoms with van der Waals surface area (Å²) in [6.07, 6.45) is 3.47. The molecule has 1 heterocycles. The highest BCUT2D eigenvalue weighted by Gasteiger charge is 2.31. The fourth-order valence-corrected chi connectivity index (χ4v) is 2.05. The Morgan fingerprint density at radius 3 is 2.67 bits per heavy atom. The second kappa shape index (κ2) is 4.84. The SMILES string of the molecule is CC(C)OC(=O)Cn1ccc(C(=O)O)c1C1CC1. The van der Waals surface area contributed by atoms with Gasteiger partial charge in [0.2, 0.25) is 0 Å². The highest BCUT2D eigenvalue weighted by atomic mass is 16.5. The van der Waals surface area contributed by atoms with E-state index in [1.54, 1.807) is 30.7 Å². The fourth-order valence-electron chi connectivity index (χ4n) is 2.05. The van der Waals surface area contributed by atoms with Gasteiger partial charge < -0.3 is 14.4 Å². The molecule has 0 spiro atoms. The summed E-state index contributed by atoms with van der Waals surface area (Å²) < 4.78 is 6.77. The van der Waals surface area contributed by atoms with Gasteiger partial charge in [0.1, 0.15) is 6.54 Å². The Morgan fingerprint density at radius 1 is 1.50 bits per heavy atom. The van der Waals surface area contributed by atoms with Crippen LogP contribution >= 0.6 is 0 Å². The molecule has 5 heteroatoms. The Hall–Kier alpha value is -1.78. The normalized spacial score (nSPS) is 14.8. The van der Waals surface area contributed by atoms with Crippen LogP contribution in [0.2, 0.25) is 0 Å². The van der Waals surface area contributed by atoms with Crippen LogP contribution in [0.3, 0.4) is 0 Å². The molecule has 1 saturated carbocycles. The van der Waals surface area contributed by atoms with Gasteiger partial charge >= 0.3 is 11.9 Å². The molecular formula is C13H17NO4. The number of carboxylic acid groups (broad SMARTS) is 1. The number of hydrogen-bond donors (Lipinski definition) is 1. The number of carbonyl (C=O) groups excluding carboxylic acids is 1. The average molecular weight is 251 g/mol. The van der Waals surface area contributed by atoms with E-state index in [-0.39, 0.29) is 24.5 Å². The molecule has 1 fully saturated rings. The van der Waals surface area contributed by atoms with Crippen molar-refractivity contribution in [2.75, 3.05) is 0 Å². The number of carbonyl (C=O) groups is 2. The first-order valence-electron chi connectivity index (χ1n) is 6.11. The predicted molar refractivity (Wildman–Crippen MR) is 64.6 cm³/mol. The first kappa shape index (κ1) is 12.7. The Bertz CT molecular complexity index is 471. The summed E-state index contributed by atoms with van der Waals surface area (Å²) in [5.41, 5.74) is 1.05. The van der Waals surface area contributed by atoms with Crippen LogP contribution in [0.25, 0.3) is 0 Å². The third-order valence-corrected chi connectivity index (χ3v) is 2.87. The number of rotatable bonds is 5. The van der Waals surface area contributed by atoms with E-state index in [0.717, 1.165) is 18.5 Å². The zero-order valence-electron chi connectivity index (χ0n) is 10.5. The minimum Gasteiger partial charge on any atom is -0.478 e. The number of hydrogen-bond acceptors (Lipinski definition) is 3. The molecule has 0 aromatic carbocycles. The molecule has 1 aromatic heterocycles. The van der Waals surface area contributed by atoms with Crippen molar-refractivity contribution >= 4 is 11.9 Å². The topological polar surface area (TPSA) is 68.5 Å². The lowest BCUT2D eigenvalue weighted by molar-refractivity contribution is -0.148. The quantitative estimate of drug-likeness (QED) is 0.813. The molecule has 0 atom stereocenters. The largest absolute Gasteiger partial charge is 0.478 e. The average Bonchev–Trinajstić information content (AvgIpc) is 2.99. The van der Waals surface area contributed by atoms with Gasteiger partial charge in [0.15, 0.2) is 0 Å². The van der Waals surface area contributed by atoms with Crippen LogP contribution in [-0.4, -0.2) is 27.7 Å². The number of aromatic nitrogens is 1. The third kappa shape index (κ3) is 2.72. The van der Waals surface area contributed by atoms with E-state index in [0.29, 0.717) is 5.56 Å². The van der Waals surface area contributed by atoms with Crippen molar-refractivity contribution in [2.24, 2.45) is 0 Å². The number of ether oxygens (including phenoxy) is 1. The van der Waals surface area contributed by atoms with Crippen molar-refractivity contribution in [3.8, 4) is 0 Å². The first-order chi connectivity index (χ1) is 8.49. The van der Waals surface area contributed by atoms with E-state index >= 15 is 0 Å². The first-order valence-corrected chi connectivity index (χ1v) is 6.11. The molecule has 1 aliphatic rings. The zero-order chi connectivity index (χ0) is 13.3. The second-order valence-electron chi connectivity index (χ2n) is 4.86. The van der Waals surface area contributed by atoms with Gasteiger partial charge in [0.25, 0.3) is 0 Å². The Balaban J connectivity index is 2.17. The van der Waals surface area contributed by atoms with Gasteiger partial charge in [-0.25, -0.2) is 4.79 Å². The summed E-state index contributed by atoms with van der Waals surface area (Å²) >= 11 is 0. The molecule has 98 valence electrons. The molecule has 0 aliphatic heterocycles. The van der Waals surface area contributed by atoms with Crippen LogP contribution in [0.1, 0.15) is 48.7 Å². The van der Waals surface area contributed by atoms with Crippen LogP contribution in [0.4, 0.5) is 0 Å². The second-order valence-corrected chi connectivity index (χ2v) is 4.86. The van der Waals surface area contributed by atoms with Gasteiger partial charge in [-0.2, -0.15) is 0 Å². The van der Waals surface area contributed by atoms with E-state index in [2.05, 4.69) is 0 Å². The lowest BCUT2D eigenvalue weighted by Gasteiger charge is -2.11. The summed E-state index contributed by atoms with van der Waals surface area (Å²) in [5, 5.41) is 9.11. The molecule has 0 unspecified atom stereocenters. The van der Waals surface area contributed by atoms with E-state index in [9.17, 15) is 9.59 Å². The van der Waals surface area contributed by atoms with Gasteiger partial charge in [-0.15, -0.1) is 0 Å². The summed E-state index contributed by atoms with van der Waals surface area (Å²) in [4.78, 5) is 22.7. The summed E-state index contributed by atoms with van der Waals surface area (Å²) in [6.45, 7) is 3.66. The minimum atomic E-state index is -0.937. The Labute approximate surface area is 105 Å². The summed E-state index contributed by atoms with van der Waals surface area (Å²) in [7, 11) is 0. The van der Waals surface area contributed by atoms with E-state index in [1.807, 2.05) is 0 Å². The monoisotopic (exact) mass is 251 g/mol. The molecule has 0 amide bonds. The highest BCUT2D eigenvalue weighted by Crippen LogP contribution is 2.42. The minimum absolute atomic E-state index is 0.0806. The summed E-state index contributed by atoms with van der Waals surface area (Å²) in [6, 6.07) is 1.55. The van der Waals surface area contributed by atoms with Gasteiger partial charge in [-0.1, -0.05) is 0 Å². The fraction of sp³-hybridized carbons (Fsp3) is 0.538. The number of carboxylic acids is 1. The third-order valence-electron chi connectivity index (χ3n) is 2.87. The van der Waals surface area contributed by atoms with E-state index < -0.39 is 5.97 Å². The highest BCUT2D eigenvalue weighted by molar-refractivity contribution is 5.89. The van der Waals surface area contributed by atoms with Crippen LogP contribution in [0, 0.1) is 0 Å². The van der Waals surface area contributed by atoms with Gasteiger partial charge in [-0.3, -0.25) is 4.79 Å². The van der Waals surface area contributed by atoms with Gasteiger partial charge in [-0.05, 0) is 32.8 Å². The van der Waals surface area contributed by atoms with Crippen LogP contribution in [-0.2, 0) is 16.1 Å². The lowest BCUT2D eigenvalue weighted by atomic mass is 10.2. The van der Waals surface area contributed by atoms with E-state index in [1.165, 1.54) is 0 Å². The smallest absolute Gasteiger partial charge is 0.337 e. The number of esters is 1. The maximum absolute atomic E-state index is 11.6. The molecule has 5 nitrogen and oxygen atoms in total. The van der Waals surface area contributed by atoms with Crippen LogP contribution in [0.15, 0.2) is 12.3 Å². The molecule has 18 heavy (non-hydrogen) atoms. The maximum Gasteiger partial charge on any atom is 0.337 e. The summed E-state index contributed by atoms with van der Waals surface area (Å²) in [5.74, 6) is -0.995. The van der Waals surface area contributed by atoms with Crippen molar-refractivity contribution in [3.63, 3.8) is 0 Å². The zero-order valence-corrected chi connectivity index (χ0v) is 10.5. The van der Waals surface area contributed by atoms with Crippen molar-refractivity contribution in [3.05, 3.63) is 23.5 Å². The molecule has 0 radical (unpaired) electrons. The maximum atomic E-state index is 11.6. The van der Waals surface area contributed by atoms with Crippen molar-refractivity contribution in [1.29, 1.82) is 0 Å². The predicted octanol–water partition coefficient (Wildman–Crippen LogP) is 2.02.